The molecule has 0 aromatic heterocycles. The van der Waals surface area contributed by atoms with Gasteiger partial charge < -0.3 is 5.32 Å². The van der Waals surface area contributed by atoms with Crippen LogP contribution < -0.4 is 5.32 Å². The van der Waals surface area contributed by atoms with Crippen LogP contribution in [-0.2, 0) is 10.0 Å². The first kappa shape index (κ1) is 17.6. The highest BCUT2D eigenvalue weighted by Gasteiger charge is 2.27. The Kier molecular flexibility index (Phi) is 4.92. The van der Waals surface area contributed by atoms with E-state index in [0.717, 1.165) is 24.0 Å². The van der Waals surface area contributed by atoms with E-state index in [9.17, 15) is 13.2 Å². The molecule has 1 aliphatic heterocycles. The average molecular weight is 358 g/mol. The minimum absolute atomic E-state index is 0.216. The molecule has 1 amide bonds. The van der Waals surface area contributed by atoms with E-state index < -0.39 is 10.0 Å². The van der Waals surface area contributed by atoms with Crippen molar-refractivity contribution in [2.75, 3.05) is 18.4 Å². The first-order valence-electron chi connectivity index (χ1n) is 8.37. The minimum atomic E-state index is -3.49. The van der Waals surface area contributed by atoms with Crippen molar-refractivity contribution in [2.45, 2.75) is 31.6 Å². The van der Waals surface area contributed by atoms with Crippen LogP contribution in [0.1, 0.15) is 34.3 Å². The molecule has 0 spiro atoms. The lowest BCUT2D eigenvalue weighted by atomic mass is 10.0. The van der Waals surface area contributed by atoms with E-state index in [1.165, 1.54) is 10.4 Å². The van der Waals surface area contributed by atoms with E-state index in [1.807, 2.05) is 26.0 Å². The molecule has 0 saturated carbocycles. The molecule has 0 aliphatic carbocycles. The van der Waals surface area contributed by atoms with E-state index >= 15 is 0 Å². The Labute approximate surface area is 148 Å². The van der Waals surface area contributed by atoms with Crippen molar-refractivity contribution < 1.29 is 13.2 Å². The molecule has 0 unspecified atom stereocenters. The van der Waals surface area contributed by atoms with E-state index in [0.29, 0.717) is 24.3 Å². The fourth-order valence-electron chi connectivity index (χ4n) is 3.01. The Morgan fingerprint density at radius 3 is 2.44 bits per heavy atom. The third kappa shape index (κ3) is 3.60. The molecule has 0 radical (unpaired) electrons. The number of nitrogens with one attached hydrogen (secondary N) is 1. The molecule has 1 fully saturated rings. The van der Waals surface area contributed by atoms with Gasteiger partial charge in [0.2, 0.25) is 10.0 Å². The fraction of sp³-hybridized carbons (Fsp3) is 0.316. The van der Waals surface area contributed by atoms with Crippen molar-refractivity contribution >= 4 is 21.6 Å². The number of benzene rings is 2. The van der Waals surface area contributed by atoms with Crippen molar-refractivity contribution in [2.24, 2.45) is 0 Å². The molecule has 1 heterocycles. The summed E-state index contributed by atoms with van der Waals surface area (Å²) >= 11 is 0. The molecular formula is C19H22N2O3S. The van der Waals surface area contributed by atoms with Gasteiger partial charge in [-0.3, -0.25) is 4.79 Å². The Bertz CT molecular complexity index is 901. The standard InChI is InChI=1S/C19H22N2O3S/c1-14-7-5-10-18(15(14)2)19(22)20-16-8-6-9-17(13-16)25(23,24)21-11-3-4-12-21/h5-10,13H,3-4,11-12H2,1-2H3,(H,20,22). The van der Waals surface area contributed by atoms with Gasteiger partial charge in [0.25, 0.3) is 5.91 Å². The summed E-state index contributed by atoms with van der Waals surface area (Å²) in [6, 6.07) is 12.0. The summed E-state index contributed by atoms with van der Waals surface area (Å²) in [7, 11) is -3.49. The second-order valence-electron chi connectivity index (χ2n) is 6.34. The molecule has 132 valence electrons. The summed E-state index contributed by atoms with van der Waals surface area (Å²) in [5.74, 6) is -0.239. The summed E-state index contributed by atoms with van der Waals surface area (Å²) in [6.07, 6.45) is 1.78. The topological polar surface area (TPSA) is 66.5 Å². The maximum Gasteiger partial charge on any atom is 0.255 e. The first-order valence-corrected chi connectivity index (χ1v) is 9.81. The van der Waals surface area contributed by atoms with Gasteiger partial charge in [0.15, 0.2) is 0 Å². The molecule has 1 saturated heterocycles. The number of hydrogen-bond acceptors (Lipinski definition) is 3. The monoisotopic (exact) mass is 358 g/mol. The number of carbonyl (C=O) groups is 1. The van der Waals surface area contributed by atoms with Gasteiger partial charge in [-0.25, -0.2) is 8.42 Å². The van der Waals surface area contributed by atoms with Crippen LogP contribution in [0.4, 0.5) is 5.69 Å². The summed E-state index contributed by atoms with van der Waals surface area (Å²) in [5.41, 5.74) is 3.03. The van der Waals surface area contributed by atoms with Gasteiger partial charge in [-0.2, -0.15) is 4.31 Å². The van der Waals surface area contributed by atoms with Crippen molar-refractivity contribution in [1.29, 1.82) is 0 Å². The maximum absolute atomic E-state index is 12.7. The number of carbonyl (C=O) groups excluding carboxylic acids is 1. The van der Waals surface area contributed by atoms with Gasteiger partial charge in [0, 0.05) is 24.3 Å². The molecule has 1 aliphatic rings. The third-order valence-electron chi connectivity index (χ3n) is 4.64. The Balaban J connectivity index is 1.85. The average Bonchev–Trinajstić information content (AvgIpc) is 3.13. The summed E-state index contributed by atoms with van der Waals surface area (Å²) < 4.78 is 26.8. The van der Waals surface area contributed by atoms with Crippen LogP contribution in [0.3, 0.4) is 0 Å². The number of anilines is 1. The molecule has 3 rings (SSSR count). The van der Waals surface area contributed by atoms with Crippen molar-refractivity contribution in [3.63, 3.8) is 0 Å². The van der Waals surface area contributed by atoms with Crippen molar-refractivity contribution in [1.82, 2.24) is 4.31 Å². The van der Waals surface area contributed by atoms with E-state index in [4.69, 9.17) is 0 Å². The van der Waals surface area contributed by atoms with E-state index in [1.54, 1.807) is 24.3 Å². The summed E-state index contributed by atoms with van der Waals surface area (Å²) in [6.45, 7) is 4.97. The van der Waals surface area contributed by atoms with E-state index in [-0.39, 0.29) is 10.8 Å². The zero-order chi connectivity index (χ0) is 18.0. The van der Waals surface area contributed by atoms with Crippen molar-refractivity contribution in [3.8, 4) is 0 Å². The highest BCUT2D eigenvalue weighted by molar-refractivity contribution is 7.89. The number of rotatable bonds is 4. The zero-order valence-electron chi connectivity index (χ0n) is 14.5. The van der Waals surface area contributed by atoms with Crippen LogP contribution in [0.2, 0.25) is 0 Å². The predicted molar refractivity (Wildman–Crippen MR) is 98.3 cm³/mol. The van der Waals surface area contributed by atoms with Crippen molar-refractivity contribution in [3.05, 3.63) is 59.2 Å². The molecule has 25 heavy (non-hydrogen) atoms. The Morgan fingerprint density at radius 1 is 1.04 bits per heavy atom. The predicted octanol–water partition coefficient (Wildman–Crippen LogP) is 3.34. The summed E-state index contributed by atoms with van der Waals surface area (Å²) in [4.78, 5) is 12.7. The first-order chi connectivity index (χ1) is 11.9. The molecule has 1 N–H and O–H groups in total. The van der Waals surface area contributed by atoms with Crippen LogP contribution in [0, 0.1) is 13.8 Å². The van der Waals surface area contributed by atoms with Crippen LogP contribution in [0.15, 0.2) is 47.4 Å². The van der Waals surface area contributed by atoms with Gasteiger partial charge >= 0.3 is 0 Å². The maximum atomic E-state index is 12.7. The SMILES string of the molecule is Cc1cccc(C(=O)Nc2cccc(S(=O)(=O)N3CCCC3)c2)c1C. The minimum Gasteiger partial charge on any atom is -0.322 e. The van der Waals surface area contributed by atoms with E-state index in [2.05, 4.69) is 5.32 Å². The van der Waals surface area contributed by atoms with Crippen LogP contribution >= 0.6 is 0 Å². The molecule has 0 atom stereocenters. The number of amides is 1. The lowest BCUT2D eigenvalue weighted by molar-refractivity contribution is 0.102. The fourth-order valence-corrected chi connectivity index (χ4v) is 4.57. The highest BCUT2D eigenvalue weighted by Crippen LogP contribution is 2.23. The number of aryl methyl sites for hydroxylation is 1. The highest BCUT2D eigenvalue weighted by atomic mass is 32.2. The van der Waals surface area contributed by atoms with Crippen LogP contribution in [0.5, 0.6) is 0 Å². The quantitative estimate of drug-likeness (QED) is 0.911. The second-order valence-corrected chi connectivity index (χ2v) is 8.28. The van der Waals surface area contributed by atoms with Gasteiger partial charge in [-0.15, -0.1) is 0 Å². The number of sulfonamides is 1. The lowest BCUT2D eigenvalue weighted by Crippen LogP contribution is -2.27. The van der Waals surface area contributed by atoms with Gasteiger partial charge in [0.05, 0.1) is 4.90 Å². The molecule has 2 aromatic carbocycles. The largest absolute Gasteiger partial charge is 0.322 e. The summed E-state index contributed by atoms with van der Waals surface area (Å²) in [5, 5.41) is 2.81. The second kappa shape index (κ2) is 6.98. The van der Waals surface area contributed by atoms with Gasteiger partial charge in [-0.1, -0.05) is 18.2 Å². The number of nitrogens with zero attached hydrogens (tertiary/aromatic N) is 1. The number of hydrogen-bond donors (Lipinski definition) is 1. The normalized spacial score (nSPS) is 15.3. The Hall–Kier alpha value is -2.18. The van der Waals surface area contributed by atoms with Gasteiger partial charge in [-0.05, 0) is 62.1 Å². The molecule has 2 aromatic rings. The molecular weight excluding hydrogens is 336 g/mol. The van der Waals surface area contributed by atoms with Gasteiger partial charge in [0.1, 0.15) is 0 Å². The zero-order valence-corrected chi connectivity index (χ0v) is 15.3. The Morgan fingerprint density at radius 2 is 1.72 bits per heavy atom. The lowest BCUT2D eigenvalue weighted by Gasteiger charge is -2.16. The van der Waals surface area contributed by atoms with Crippen LogP contribution in [-0.4, -0.2) is 31.7 Å². The molecule has 0 bridgehead atoms. The van der Waals surface area contributed by atoms with Crippen LogP contribution in [0.25, 0.3) is 0 Å². The smallest absolute Gasteiger partial charge is 0.255 e. The molecule has 6 heteroatoms. The third-order valence-corrected chi connectivity index (χ3v) is 6.54. The molecule has 5 nitrogen and oxygen atoms in total.